The summed E-state index contributed by atoms with van der Waals surface area (Å²) in [5.74, 6) is 2.16. The number of pyridine rings is 1. The van der Waals surface area contributed by atoms with Gasteiger partial charge in [0.05, 0.1) is 17.2 Å². The van der Waals surface area contributed by atoms with Crippen molar-refractivity contribution in [2.24, 2.45) is 17.3 Å². The molecule has 2 aliphatic heterocycles. The molecule has 4 fully saturated rings. The van der Waals surface area contributed by atoms with Gasteiger partial charge in [0.2, 0.25) is 0 Å². The summed E-state index contributed by atoms with van der Waals surface area (Å²) < 4.78 is 65.9. The van der Waals surface area contributed by atoms with Gasteiger partial charge in [0.15, 0.2) is 9.84 Å². The summed E-state index contributed by atoms with van der Waals surface area (Å²) in [6.45, 7) is 6.04. The molecule has 0 bridgehead atoms. The minimum absolute atomic E-state index is 0.0492. The summed E-state index contributed by atoms with van der Waals surface area (Å²) in [6.07, 6.45) is 0.589. The number of rotatable bonds is 4. The first-order chi connectivity index (χ1) is 16.9. The van der Waals surface area contributed by atoms with Gasteiger partial charge in [0.25, 0.3) is 0 Å². The Kier molecular flexibility index (Phi) is 5.61. The Hall–Kier alpha value is -1.94. The second-order valence-electron chi connectivity index (χ2n) is 11.8. The number of nitrogens with zero attached hydrogens (tertiary/aromatic N) is 4. The molecule has 4 aliphatic rings. The monoisotopic (exact) mass is 522 g/mol. The highest BCUT2D eigenvalue weighted by atomic mass is 32.2. The lowest BCUT2D eigenvalue weighted by molar-refractivity contribution is -0.141. The van der Waals surface area contributed by atoms with E-state index in [1.165, 1.54) is 6.07 Å². The number of likely N-dealkylation sites (tertiary alicyclic amines) is 1. The van der Waals surface area contributed by atoms with E-state index >= 15 is 0 Å². The van der Waals surface area contributed by atoms with Crippen LogP contribution in [0, 0.1) is 17.3 Å². The maximum Gasteiger partial charge on any atom is 0.433 e. The van der Waals surface area contributed by atoms with Crippen LogP contribution < -0.4 is 0 Å². The second-order valence-corrected chi connectivity index (χ2v) is 14.0. The van der Waals surface area contributed by atoms with Gasteiger partial charge in [0, 0.05) is 30.2 Å². The van der Waals surface area contributed by atoms with E-state index in [1.807, 2.05) is 24.6 Å². The van der Waals surface area contributed by atoms with Crippen molar-refractivity contribution < 1.29 is 21.6 Å². The van der Waals surface area contributed by atoms with E-state index in [0.29, 0.717) is 41.0 Å². The van der Waals surface area contributed by atoms with Crippen LogP contribution in [0.15, 0.2) is 24.3 Å². The van der Waals surface area contributed by atoms with Gasteiger partial charge in [-0.1, -0.05) is 6.07 Å². The van der Waals surface area contributed by atoms with Gasteiger partial charge in [-0.3, -0.25) is 9.58 Å². The van der Waals surface area contributed by atoms with E-state index in [9.17, 15) is 21.6 Å². The number of halogens is 3. The normalized spacial score (nSPS) is 33.9. The Labute approximate surface area is 210 Å². The Morgan fingerprint density at radius 3 is 2.50 bits per heavy atom. The number of hydrogen-bond acceptors (Lipinski definition) is 5. The van der Waals surface area contributed by atoms with Crippen molar-refractivity contribution in [3.63, 3.8) is 0 Å². The van der Waals surface area contributed by atoms with Crippen LogP contribution in [0.2, 0.25) is 0 Å². The fraction of sp³-hybridized carbons (Fsp3) is 0.692. The van der Waals surface area contributed by atoms with Crippen LogP contribution in [0.3, 0.4) is 0 Å². The number of sulfone groups is 1. The molecule has 2 saturated heterocycles. The topological polar surface area (TPSA) is 68.1 Å². The molecule has 5 atom stereocenters. The summed E-state index contributed by atoms with van der Waals surface area (Å²) in [4.78, 5) is 6.41. The molecule has 196 valence electrons. The zero-order valence-electron chi connectivity index (χ0n) is 20.7. The summed E-state index contributed by atoms with van der Waals surface area (Å²) in [5.41, 5.74) is 0.892. The third kappa shape index (κ3) is 4.27. The van der Waals surface area contributed by atoms with E-state index in [-0.39, 0.29) is 17.2 Å². The molecule has 0 amide bonds. The molecule has 36 heavy (non-hydrogen) atoms. The van der Waals surface area contributed by atoms with Crippen molar-refractivity contribution in [1.29, 1.82) is 0 Å². The minimum atomic E-state index is -4.49. The first kappa shape index (κ1) is 24.4. The predicted octanol–water partition coefficient (Wildman–Crippen LogP) is 4.94. The quantitative estimate of drug-likeness (QED) is 0.569. The van der Waals surface area contributed by atoms with Crippen molar-refractivity contribution in [1.82, 2.24) is 19.7 Å². The Balaban J connectivity index is 1.18. The molecule has 2 saturated carbocycles. The first-order valence-corrected chi connectivity index (χ1v) is 14.9. The van der Waals surface area contributed by atoms with Crippen molar-refractivity contribution in [3.05, 3.63) is 35.7 Å². The molecular formula is C26H33F3N4O2S. The molecule has 0 N–H and O–H groups in total. The molecule has 2 aromatic rings. The average Bonchev–Trinajstić information content (AvgIpc) is 3.18. The molecule has 0 unspecified atom stereocenters. The summed E-state index contributed by atoms with van der Waals surface area (Å²) >= 11 is 0. The maximum absolute atomic E-state index is 13.2. The van der Waals surface area contributed by atoms with Gasteiger partial charge in [-0.05, 0) is 87.9 Å². The maximum atomic E-state index is 13.2. The van der Waals surface area contributed by atoms with Crippen LogP contribution in [-0.2, 0) is 16.0 Å². The van der Waals surface area contributed by atoms with Crippen molar-refractivity contribution in [3.8, 4) is 11.4 Å². The Morgan fingerprint density at radius 2 is 1.86 bits per heavy atom. The standard InChI is InChI=1S/C26H33F3N4O2S/c1-16(2)33-22(13-21(31-33)20-5-3-6-23(30-20)26(27,28)29)24-18-11-17(12-19(18)24)32-9-4-7-25(14-32)8-10-36(34,35)15-25/h3,5-6,13,16-19,24H,4,7-12,14-15H2,1-2H3/t17-,18+,19-,24-,25-/m1/s1. The fourth-order valence-corrected chi connectivity index (χ4v) is 9.54. The molecule has 10 heteroatoms. The smallest absolute Gasteiger partial charge is 0.300 e. The highest BCUT2D eigenvalue weighted by Crippen LogP contribution is 2.64. The number of fused-ring (bicyclic) bond motifs is 1. The molecule has 0 aromatic carbocycles. The van der Waals surface area contributed by atoms with Crippen LogP contribution >= 0.6 is 0 Å². The lowest BCUT2D eigenvalue weighted by Gasteiger charge is -2.43. The van der Waals surface area contributed by atoms with Gasteiger partial charge in [-0.2, -0.15) is 18.3 Å². The lowest BCUT2D eigenvalue weighted by atomic mass is 9.79. The predicted molar refractivity (Wildman–Crippen MR) is 130 cm³/mol. The van der Waals surface area contributed by atoms with Gasteiger partial charge < -0.3 is 0 Å². The van der Waals surface area contributed by atoms with Crippen molar-refractivity contribution in [2.45, 2.75) is 70.1 Å². The van der Waals surface area contributed by atoms with Crippen LogP contribution in [0.5, 0.6) is 0 Å². The molecular weight excluding hydrogens is 489 g/mol. The second kappa shape index (κ2) is 8.28. The van der Waals surface area contributed by atoms with Gasteiger partial charge in [0.1, 0.15) is 11.4 Å². The summed E-state index contributed by atoms with van der Waals surface area (Å²) in [5, 5.41) is 4.68. The van der Waals surface area contributed by atoms with Crippen LogP contribution in [-0.4, -0.2) is 58.7 Å². The number of piperidine rings is 1. The zero-order chi connectivity index (χ0) is 25.5. The van der Waals surface area contributed by atoms with Crippen LogP contribution in [0.25, 0.3) is 11.4 Å². The largest absolute Gasteiger partial charge is 0.433 e. The number of alkyl halides is 3. The van der Waals surface area contributed by atoms with Crippen LogP contribution in [0.4, 0.5) is 13.2 Å². The third-order valence-electron chi connectivity index (χ3n) is 8.99. The molecule has 1 spiro atoms. The Morgan fingerprint density at radius 1 is 1.11 bits per heavy atom. The number of aromatic nitrogens is 3. The summed E-state index contributed by atoms with van der Waals surface area (Å²) in [7, 11) is -2.90. The highest BCUT2D eigenvalue weighted by Gasteiger charge is 2.59. The fourth-order valence-electron chi connectivity index (χ4n) is 7.34. The van der Waals surface area contributed by atoms with E-state index in [4.69, 9.17) is 0 Å². The Bertz CT molecular complexity index is 1260. The molecule has 6 rings (SSSR count). The van der Waals surface area contributed by atoms with Gasteiger partial charge >= 0.3 is 6.18 Å². The van der Waals surface area contributed by atoms with E-state index < -0.39 is 21.7 Å². The minimum Gasteiger partial charge on any atom is -0.300 e. The molecule has 6 nitrogen and oxygen atoms in total. The van der Waals surface area contributed by atoms with E-state index in [2.05, 4.69) is 15.0 Å². The molecule has 2 aliphatic carbocycles. The lowest BCUT2D eigenvalue weighted by Crippen LogP contribution is -2.48. The van der Waals surface area contributed by atoms with Crippen molar-refractivity contribution >= 4 is 9.84 Å². The van der Waals surface area contributed by atoms with E-state index in [0.717, 1.165) is 57.0 Å². The zero-order valence-corrected chi connectivity index (χ0v) is 21.5. The highest BCUT2D eigenvalue weighted by molar-refractivity contribution is 7.91. The van der Waals surface area contributed by atoms with E-state index in [1.54, 1.807) is 6.07 Å². The van der Waals surface area contributed by atoms with Gasteiger partial charge in [-0.25, -0.2) is 13.4 Å². The molecule has 4 heterocycles. The van der Waals surface area contributed by atoms with Crippen molar-refractivity contribution in [2.75, 3.05) is 24.6 Å². The van der Waals surface area contributed by atoms with Crippen LogP contribution in [0.1, 0.15) is 69.3 Å². The third-order valence-corrected chi connectivity index (χ3v) is 10.9. The molecule has 0 radical (unpaired) electrons. The SMILES string of the molecule is CC(C)n1nc(-c2cccc(C(F)(F)F)n2)cc1[C@H]1[C@@H]2C[C@H](N3CCC[C@@]4(CCS(=O)(=O)C4)C3)C[C@@H]21. The average molecular weight is 523 g/mol. The first-order valence-electron chi connectivity index (χ1n) is 13.0. The number of hydrogen-bond donors (Lipinski definition) is 0. The summed E-state index contributed by atoms with van der Waals surface area (Å²) in [6, 6.07) is 6.50. The molecule has 2 aromatic heterocycles. The van der Waals surface area contributed by atoms with Gasteiger partial charge in [-0.15, -0.1) is 0 Å².